The maximum absolute atomic E-state index is 12.6. The molecule has 2 aliphatic rings. The summed E-state index contributed by atoms with van der Waals surface area (Å²) in [4.78, 5) is 14.2. The highest BCUT2D eigenvalue weighted by Crippen LogP contribution is 2.38. The van der Waals surface area contributed by atoms with Crippen LogP contribution >= 0.6 is 0 Å². The van der Waals surface area contributed by atoms with E-state index >= 15 is 0 Å². The molecule has 0 radical (unpaired) electrons. The Morgan fingerprint density at radius 2 is 1.95 bits per heavy atom. The lowest BCUT2D eigenvalue weighted by Crippen LogP contribution is -2.49. The van der Waals surface area contributed by atoms with E-state index in [-0.39, 0.29) is 17.9 Å². The molecule has 2 fully saturated rings. The summed E-state index contributed by atoms with van der Waals surface area (Å²) in [5, 5.41) is 9.65. The Balaban J connectivity index is 2.05. The molecule has 1 atom stereocenters. The fourth-order valence-corrected chi connectivity index (χ4v) is 4.83. The van der Waals surface area contributed by atoms with Crippen LogP contribution in [0.5, 0.6) is 0 Å². The summed E-state index contributed by atoms with van der Waals surface area (Å²) in [7, 11) is -1.62. The summed E-state index contributed by atoms with van der Waals surface area (Å²) in [6.45, 7) is 1.02. The third kappa shape index (κ3) is 3.57. The molecule has 0 aromatic carbocycles. The molecule has 0 aromatic heterocycles. The van der Waals surface area contributed by atoms with Crippen molar-refractivity contribution in [2.24, 2.45) is 5.41 Å². The normalized spacial score (nSPS) is 26.1. The van der Waals surface area contributed by atoms with Crippen LogP contribution in [0.3, 0.4) is 0 Å². The second-order valence-corrected chi connectivity index (χ2v) is 8.53. The Bertz CT molecular complexity index is 485. The monoisotopic (exact) mass is 318 g/mol. The second kappa shape index (κ2) is 6.22. The van der Waals surface area contributed by atoms with Crippen molar-refractivity contribution in [3.8, 4) is 0 Å². The second-order valence-electron chi connectivity index (χ2n) is 6.59. The van der Waals surface area contributed by atoms with E-state index in [4.69, 9.17) is 0 Å². The topological polar surface area (TPSA) is 77.9 Å². The maximum Gasteiger partial charge on any atom is 0.240 e. The first kappa shape index (κ1) is 16.7. The van der Waals surface area contributed by atoms with Crippen LogP contribution in [0.1, 0.15) is 38.5 Å². The van der Waals surface area contributed by atoms with Gasteiger partial charge in [0.2, 0.25) is 15.9 Å². The Kier molecular flexibility index (Phi) is 4.95. The first-order valence-electron chi connectivity index (χ1n) is 7.62. The maximum atomic E-state index is 12.6. The van der Waals surface area contributed by atoms with Crippen molar-refractivity contribution in [1.29, 1.82) is 0 Å². The summed E-state index contributed by atoms with van der Waals surface area (Å²) in [5.74, 6) is -0.141. The number of rotatable bonds is 5. The third-order valence-electron chi connectivity index (χ3n) is 4.86. The molecular formula is C14H26N2O4S. The average molecular weight is 318 g/mol. The minimum atomic E-state index is -3.34. The number of aliphatic hydroxyl groups excluding tert-OH is 1. The van der Waals surface area contributed by atoms with Gasteiger partial charge in [-0.25, -0.2) is 8.42 Å². The molecule has 6 nitrogen and oxygen atoms in total. The highest BCUT2D eigenvalue weighted by Gasteiger charge is 2.41. The number of aliphatic hydroxyl groups is 1. The molecular weight excluding hydrogens is 292 g/mol. The van der Waals surface area contributed by atoms with Crippen LogP contribution in [0.15, 0.2) is 0 Å². The van der Waals surface area contributed by atoms with Crippen molar-refractivity contribution < 1.29 is 18.3 Å². The van der Waals surface area contributed by atoms with Crippen LogP contribution in [-0.2, 0) is 14.8 Å². The van der Waals surface area contributed by atoms with Crippen molar-refractivity contribution in [3.63, 3.8) is 0 Å². The molecule has 1 amide bonds. The molecule has 0 bridgehead atoms. The van der Waals surface area contributed by atoms with E-state index in [1.807, 2.05) is 0 Å². The lowest BCUT2D eigenvalue weighted by molar-refractivity contribution is -0.135. The smallest absolute Gasteiger partial charge is 0.240 e. The number of nitrogens with zero attached hydrogens (tertiary/aromatic N) is 2. The van der Waals surface area contributed by atoms with Crippen LogP contribution in [0.25, 0.3) is 0 Å². The van der Waals surface area contributed by atoms with Crippen molar-refractivity contribution in [3.05, 3.63) is 0 Å². The zero-order chi connectivity index (χ0) is 15.7. The quantitative estimate of drug-likeness (QED) is 0.797. The van der Waals surface area contributed by atoms with Gasteiger partial charge in [-0.05, 0) is 25.7 Å². The van der Waals surface area contributed by atoms with E-state index in [1.165, 1.54) is 4.31 Å². The summed E-state index contributed by atoms with van der Waals surface area (Å²) in [6.07, 6.45) is 6.50. The van der Waals surface area contributed by atoms with Crippen LogP contribution in [0.2, 0.25) is 0 Å². The number of sulfonamides is 1. The lowest BCUT2D eigenvalue weighted by Gasteiger charge is -2.34. The van der Waals surface area contributed by atoms with Crippen LogP contribution < -0.4 is 0 Å². The van der Waals surface area contributed by atoms with Crippen LogP contribution in [-0.4, -0.2) is 67.7 Å². The van der Waals surface area contributed by atoms with Crippen molar-refractivity contribution >= 4 is 15.9 Å². The zero-order valence-electron chi connectivity index (χ0n) is 12.9. The van der Waals surface area contributed by atoms with E-state index in [0.29, 0.717) is 19.5 Å². The average Bonchev–Trinajstić information content (AvgIpc) is 3.06. The fraction of sp³-hybridized carbons (Fsp3) is 0.929. The number of amides is 1. The molecule has 0 aromatic rings. The molecule has 1 saturated carbocycles. The van der Waals surface area contributed by atoms with E-state index in [9.17, 15) is 18.3 Å². The summed E-state index contributed by atoms with van der Waals surface area (Å²) in [5.41, 5.74) is -0.196. The molecule has 21 heavy (non-hydrogen) atoms. The van der Waals surface area contributed by atoms with E-state index < -0.39 is 16.1 Å². The minimum Gasteiger partial charge on any atom is -0.396 e. The van der Waals surface area contributed by atoms with Gasteiger partial charge in [0, 0.05) is 25.6 Å². The standard InChI is InChI=1S/C14H26N2O4S/c1-15(10-14(11-17)7-3-4-8-14)13(18)12-6-5-9-16(12)21(2,19)20/h12,17H,3-11H2,1-2H3/t12-/m0/s1. The van der Waals surface area contributed by atoms with E-state index in [1.54, 1.807) is 11.9 Å². The molecule has 0 spiro atoms. The van der Waals surface area contributed by atoms with Gasteiger partial charge in [-0.2, -0.15) is 4.31 Å². The summed E-state index contributed by atoms with van der Waals surface area (Å²) >= 11 is 0. The van der Waals surface area contributed by atoms with E-state index in [0.717, 1.165) is 38.4 Å². The Morgan fingerprint density at radius 3 is 2.48 bits per heavy atom. The predicted molar refractivity (Wildman–Crippen MR) is 80.2 cm³/mol. The summed E-state index contributed by atoms with van der Waals surface area (Å²) in [6, 6.07) is -0.567. The number of carbonyl (C=O) groups is 1. The highest BCUT2D eigenvalue weighted by atomic mass is 32.2. The van der Waals surface area contributed by atoms with Gasteiger partial charge < -0.3 is 10.0 Å². The third-order valence-corrected chi connectivity index (χ3v) is 6.15. The lowest BCUT2D eigenvalue weighted by atomic mass is 9.86. The van der Waals surface area contributed by atoms with Crippen LogP contribution in [0, 0.1) is 5.41 Å². The molecule has 122 valence electrons. The highest BCUT2D eigenvalue weighted by molar-refractivity contribution is 7.88. The number of likely N-dealkylation sites (N-methyl/N-ethyl adjacent to an activating group) is 1. The largest absolute Gasteiger partial charge is 0.396 e. The van der Waals surface area contributed by atoms with Crippen molar-refractivity contribution in [1.82, 2.24) is 9.21 Å². The van der Waals surface area contributed by atoms with Gasteiger partial charge in [0.05, 0.1) is 12.9 Å². The van der Waals surface area contributed by atoms with E-state index in [2.05, 4.69) is 0 Å². The van der Waals surface area contributed by atoms with Crippen molar-refractivity contribution in [2.75, 3.05) is 33.0 Å². The van der Waals surface area contributed by atoms with Gasteiger partial charge in [-0.1, -0.05) is 12.8 Å². The van der Waals surface area contributed by atoms with Gasteiger partial charge >= 0.3 is 0 Å². The molecule has 1 aliphatic carbocycles. The van der Waals surface area contributed by atoms with Gasteiger partial charge in [0.1, 0.15) is 6.04 Å². The van der Waals surface area contributed by atoms with Crippen LogP contribution in [0.4, 0.5) is 0 Å². The molecule has 1 saturated heterocycles. The SMILES string of the molecule is CN(CC1(CO)CCCC1)C(=O)[C@@H]1CCCN1S(C)(=O)=O. The molecule has 2 rings (SSSR count). The first-order chi connectivity index (χ1) is 9.79. The van der Waals surface area contributed by atoms with Gasteiger partial charge in [0.25, 0.3) is 0 Å². The first-order valence-corrected chi connectivity index (χ1v) is 9.47. The molecule has 0 unspecified atom stereocenters. The Labute approximate surface area is 127 Å². The number of carbonyl (C=O) groups excluding carboxylic acids is 1. The Morgan fingerprint density at radius 1 is 1.33 bits per heavy atom. The van der Waals surface area contributed by atoms with Gasteiger partial charge in [-0.3, -0.25) is 4.79 Å². The number of hydrogen-bond donors (Lipinski definition) is 1. The van der Waals surface area contributed by atoms with Gasteiger partial charge in [0.15, 0.2) is 0 Å². The Hall–Kier alpha value is -0.660. The molecule has 1 heterocycles. The van der Waals surface area contributed by atoms with Crippen molar-refractivity contribution in [2.45, 2.75) is 44.6 Å². The number of hydrogen-bond acceptors (Lipinski definition) is 4. The minimum absolute atomic E-state index is 0.0884. The molecule has 1 aliphatic heterocycles. The predicted octanol–water partition coefficient (Wildman–Crippen LogP) is 0.421. The zero-order valence-corrected chi connectivity index (χ0v) is 13.7. The molecule has 7 heteroatoms. The van der Waals surface area contributed by atoms with Gasteiger partial charge in [-0.15, -0.1) is 0 Å². The summed E-state index contributed by atoms with van der Waals surface area (Å²) < 4.78 is 24.8. The molecule has 1 N–H and O–H groups in total. The fourth-order valence-electron chi connectivity index (χ4n) is 3.71.